The molecular weight excluding hydrogens is 333 g/mol. The molecule has 20 heavy (non-hydrogen) atoms. The van der Waals surface area contributed by atoms with Crippen LogP contribution in [0.3, 0.4) is 0 Å². The number of nitrogens with two attached hydrogens (primary N) is 1. The first-order valence-corrected chi connectivity index (χ1v) is 6.30. The molecule has 1 amide bonds. The highest BCUT2D eigenvalue weighted by Crippen LogP contribution is 2.23. The number of carbonyl (C=O) groups excluding carboxylic acids is 2. The minimum absolute atomic E-state index is 0.0220. The molecule has 0 bridgehead atoms. The fourth-order valence-corrected chi connectivity index (χ4v) is 1.72. The Bertz CT molecular complexity index is 572. The van der Waals surface area contributed by atoms with Gasteiger partial charge in [0.25, 0.3) is 5.91 Å². The van der Waals surface area contributed by atoms with Crippen molar-refractivity contribution in [2.75, 3.05) is 18.9 Å². The summed E-state index contributed by atoms with van der Waals surface area (Å²) in [6.45, 7) is -0.311. The Kier molecular flexibility index (Phi) is 5.93. The second kappa shape index (κ2) is 7.45. The van der Waals surface area contributed by atoms with Crippen LogP contribution >= 0.6 is 15.9 Å². The van der Waals surface area contributed by atoms with Crippen molar-refractivity contribution in [3.05, 3.63) is 28.0 Å². The highest BCUT2D eigenvalue weighted by Gasteiger charge is 2.16. The van der Waals surface area contributed by atoms with Gasteiger partial charge in [-0.15, -0.1) is 0 Å². The molecule has 1 aromatic carbocycles. The molecule has 0 heterocycles. The maximum absolute atomic E-state index is 13.1. The molecule has 3 N–H and O–H groups in total. The summed E-state index contributed by atoms with van der Waals surface area (Å²) in [5, 5.41) is 10.7. The molecule has 0 fully saturated rings. The van der Waals surface area contributed by atoms with E-state index in [2.05, 4.69) is 21.2 Å². The van der Waals surface area contributed by atoms with E-state index in [1.54, 1.807) is 0 Å². The Balaban J connectivity index is 2.58. The first kappa shape index (κ1) is 15.9. The molecule has 106 valence electrons. The third-order valence-corrected chi connectivity index (χ3v) is 2.86. The fraction of sp³-hybridized carbons (Fsp3) is 0.250. The van der Waals surface area contributed by atoms with Gasteiger partial charge in [-0.25, -0.2) is 9.18 Å². The number of nitrogens with zero attached hydrogens (tertiary/aromatic N) is 1. The van der Waals surface area contributed by atoms with Gasteiger partial charge in [0.15, 0.2) is 6.61 Å². The Labute approximate surface area is 122 Å². The number of halogens is 2. The summed E-state index contributed by atoms with van der Waals surface area (Å²) in [5.41, 5.74) is 5.18. The van der Waals surface area contributed by atoms with E-state index in [9.17, 15) is 14.0 Å². The van der Waals surface area contributed by atoms with Gasteiger partial charge in [0.2, 0.25) is 0 Å². The zero-order valence-electron chi connectivity index (χ0n) is 10.3. The lowest BCUT2D eigenvalue weighted by Gasteiger charge is -2.08. The van der Waals surface area contributed by atoms with E-state index in [-0.39, 0.29) is 28.7 Å². The van der Waals surface area contributed by atoms with Gasteiger partial charge in [-0.05, 0) is 28.1 Å². The fourth-order valence-electron chi connectivity index (χ4n) is 1.24. The van der Waals surface area contributed by atoms with Crippen LogP contribution < -0.4 is 11.1 Å². The van der Waals surface area contributed by atoms with Gasteiger partial charge in [-0.2, -0.15) is 5.26 Å². The number of hydrogen-bond donors (Lipinski definition) is 2. The Morgan fingerprint density at radius 2 is 2.20 bits per heavy atom. The molecular formula is C12H11BrFN3O3. The number of nitriles is 1. The average molecular weight is 344 g/mol. The minimum Gasteiger partial charge on any atom is -0.452 e. The molecule has 0 unspecified atom stereocenters. The number of nitrogen functional groups attached to an aromatic ring is 1. The van der Waals surface area contributed by atoms with Crippen LogP contribution in [-0.4, -0.2) is 25.0 Å². The molecule has 0 saturated carbocycles. The van der Waals surface area contributed by atoms with E-state index in [1.165, 1.54) is 0 Å². The average Bonchev–Trinajstić information content (AvgIpc) is 2.40. The van der Waals surface area contributed by atoms with Crippen LogP contribution in [-0.2, 0) is 9.53 Å². The van der Waals surface area contributed by atoms with Gasteiger partial charge in [-0.1, -0.05) is 0 Å². The maximum Gasteiger partial charge on any atom is 0.339 e. The summed E-state index contributed by atoms with van der Waals surface area (Å²) >= 11 is 3.01. The van der Waals surface area contributed by atoms with Crippen LogP contribution in [0, 0.1) is 17.1 Å². The van der Waals surface area contributed by atoms with E-state index in [4.69, 9.17) is 15.7 Å². The smallest absolute Gasteiger partial charge is 0.339 e. The van der Waals surface area contributed by atoms with E-state index in [0.717, 1.165) is 12.1 Å². The number of nitrogens with one attached hydrogen (secondary N) is 1. The van der Waals surface area contributed by atoms with Crippen molar-refractivity contribution in [2.45, 2.75) is 6.42 Å². The van der Waals surface area contributed by atoms with Crippen molar-refractivity contribution in [1.82, 2.24) is 5.32 Å². The Morgan fingerprint density at radius 3 is 2.85 bits per heavy atom. The number of anilines is 1. The summed E-state index contributed by atoms with van der Waals surface area (Å²) in [7, 11) is 0. The topological polar surface area (TPSA) is 105 Å². The van der Waals surface area contributed by atoms with Crippen LogP contribution in [0.4, 0.5) is 10.1 Å². The van der Waals surface area contributed by atoms with Crippen molar-refractivity contribution in [2.24, 2.45) is 0 Å². The lowest BCUT2D eigenvalue weighted by atomic mass is 10.2. The van der Waals surface area contributed by atoms with Crippen LogP contribution in [0.5, 0.6) is 0 Å². The molecule has 1 rings (SSSR count). The minimum atomic E-state index is -0.806. The number of benzene rings is 1. The summed E-state index contributed by atoms with van der Waals surface area (Å²) in [4.78, 5) is 23.0. The molecule has 0 atom stereocenters. The first-order valence-electron chi connectivity index (χ1n) is 5.51. The van der Waals surface area contributed by atoms with Crippen molar-refractivity contribution in [1.29, 1.82) is 5.26 Å². The molecule has 0 aliphatic carbocycles. The zero-order valence-corrected chi connectivity index (χ0v) is 11.9. The standard InChI is InChI=1S/C12H11BrFN3O3/c13-8-5-9(14)10(16)4-7(8)12(19)20-6-11(18)17-3-1-2-15/h4-5H,1,3,6,16H2,(H,17,18). The number of carbonyl (C=O) groups is 2. The van der Waals surface area contributed by atoms with Gasteiger partial charge < -0.3 is 15.8 Å². The highest BCUT2D eigenvalue weighted by atomic mass is 79.9. The summed E-state index contributed by atoms with van der Waals surface area (Å²) in [6, 6.07) is 4.02. The Hall–Kier alpha value is -2.14. The number of amides is 1. The van der Waals surface area contributed by atoms with E-state index in [1.807, 2.05) is 6.07 Å². The molecule has 0 aromatic heterocycles. The largest absolute Gasteiger partial charge is 0.452 e. The number of hydrogen-bond acceptors (Lipinski definition) is 5. The third kappa shape index (κ3) is 4.51. The lowest BCUT2D eigenvalue weighted by Crippen LogP contribution is -2.29. The Morgan fingerprint density at radius 1 is 1.50 bits per heavy atom. The lowest BCUT2D eigenvalue weighted by molar-refractivity contribution is -0.124. The van der Waals surface area contributed by atoms with Crippen molar-refractivity contribution >= 4 is 33.5 Å². The maximum atomic E-state index is 13.1. The van der Waals surface area contributed by atoms with Gasteiger partial charge in [0.1, 0.15) is 5.82 Å². The molecule has 0 spiro atoms. The predicted octanol–water partition coefficient (Wildman–Crippen LogP) is 1.36. The van der Waals surface area contributed by atoms with Crippen molar-refractivity contribution in [3.8, 4) is 6.07 Å². The highest BCUT2D eigenvalue weighted by molar-refractivity contribution is 9.10. The van der Waals surface area contributed by atoms with Gasteiger partial charge >= 0.3 is 5.97 Å². The van der Waals surface area contributed by atoms with Gasteiger partial charge in [0, 0.05) is 11.0 Å². The summed E-state index contributed by atoms with van der Waals surface area (Å²) < 4.78 is 18.0. The normalized spacial score (nSPS) is 9.65. The first-order chi connectivity index (χ1) is 9.45. The molecule has 0 aliphatic heterocycles. The molecule has 0 aliphatic rings. The molecule has 8 heteroatoms. The van der Waals surface area contributed by atoms with E-state index in [0.29, 0.717) is 0 Å². The number of rotatable bonds is 5. The number of esters is 1. The van der Waals surface area contributed by atoms with E-state index >= 15 is 0 Å². The zero-order chi connectivity index (χ0) is 15.1. The summed E-state index contributed by atoms with van der Waals surface area (Å²) in [5.74, 6) is -2.00. The molecule has 6 nitrogen and oxygen atoms in total. The molecule has 0 radical (unpaired) electrons. The third-order valence-electron chi connectivity index (χ3n) is 2.20. The second-order valence-electron chi connectivity index (χ2n) is 3.69. The van der Waals surface area contributed by atoms with Crippen molar-refractivity contribution < 1.29 is 18.7 Å². The van der Waals surface area contributed by atoms with Crippen LogP contribution in [0.2, 0.25) is 0 Å². The van der Waals surface area contributed by atoms with Gasteiger partial charge in [0.05, 0.1) is 23.7 Å². The predicted molar refractivity (Wildman–Crippen MR) is 72.0 cm³/mol. The van der Waals surface area contributed by atoms with Crippen molar-refractivity contribution in [3.63, 3.8) is 0 Å². The monoisotopic (exact) mass is 343 g/mol. The van der Waals surface area contributed by atoms with Crippen LogP contribution in [0.15, 0.2) is 16.6 Å². The van der Waals surface area contributed by atoms with Crippen LogP contribution in [0.1, 0.15) is 16.8 Å². The second-order valence-corrected chi connectivity index (χ2v) is 4.54. The summed E-state index contributed by atoms with van der Waals surface area (Å²) in [6.07, 6.45) is 0.166. The molecule has 0 saturated heterocycles. The SMILES string of the molecule is N#CCCNC(=O)COC(=O)c1cc(N)c(F)cc1Br. The number of ether oxygens (including phenoxy) is 1. The van der Waals surface area contributed by atoms with Crippen LogP contribution in [0.25, 0.3) is 0 Å². The quantitative estimate of drug-likeness (QED) is 0.477. The van der Waals surface area contributed by atoms with Gasteiger partial charge in [-0.3, -0.25) is 4.79 Å². The molecule has 1 aromatic rings. The van der Waals surface area contributed by atoms with E-state index < -0.39 is 24.3 Å².